The molecule has 0 saturated heterocycles. The summed E-state index contributed by atoms with van der Waals surface area (Å²) in [5, 5.41) is 3.52. The third kappa shape index (κ3) is 3.55. The van der Waals surface area contributed by atoms with Crippen LogP contribution in [-0.2, 0) is 6.42 Å². The second-order valence-corrected chi connectivity index (χ2v) is 4.98. The van der Waals surface area contributed by atoms with E-state index in [0.717, 1.165) is 12.8 Å². The summed E-state index contributed by atoms with van der Waals surface area (Å²) < 4.78 is 0. The van der Waals surface area contributed by atoms with Crippen molar-refractivity contribution in [3.63, 3.8) is 0 Å². The van der Waals surface area contributed by atoms with Gasteiger partial charge in [0.25, 0.3) is 0 Å². The van der Waals surface area contributed by atoms with E-state index in [1.54, 1.807) is 11.3 Å². The van der Waals surface area contributed by atoms with E-state index in [-0.39, 0.29) is 5.38 Å². The van der Waals surface area contributed by atoms with Crippen molar-refractivity contribution in [1.82, 2.24) is 4.98 Å². The molecule has 0 aromatic carbocycles. The zero-order valence-electron chi connectivity index (χ0n) is 7.46. The molecule has 0 N–H and O–H groups in total. The summed E-state index contributed by atoms with van der Waals surface area (Å²) in [7, 11) is 0. The summed E-state index contributed by atoms with van der Waals surface area (Å²) in [6.07, 6.45) is 3.99. The van der Waals surface area contributed by atoms with E-state index >= 15 is 0 Å². The van der Waals surface area contributed by atoms with Gasteiger partial charge in [-0.3, -0.25) is 0 Å². The fourth-order valence-corrected chi connectivity index (χ4v) is 2.38. The molecule has 0 amide bonds. The molecule has 0 saturated carbocycles. The van der Waals surface area contributed by atoms with E-state index in [9.17, 15) is 0 Å². The summed E-state index contributed by atoms with van der Waals surface area (Å²) >= 11 is 7.62. The lowest BCUT2D eigenvalue weighted by Gasteiger charge is -2.10. The van der Waals surface area contributed by atoms with Gasteiger partial charge in [-0.1, -0.05) is 6.92 Å². The minimum absolute atomic E-state index is 0.278. The van der Waals surface area contributed by atoms with Gasteiger partial charge < -0.3 is 0 Å². The van der Waals surface area contributed by atoms with Crippen LogP contribution in [0.25, 0.3) is 0 Å². The number of thiazole rings is 1. The molecular formula is C9H14ClNS. The van der Waals surface area contributed by atoms with Crippen molar-refractivity contribution < 1.29 is 0 Å². The average molecular weight is 204 g/mol. The summed E-state index contributed by atoms with van der Waals surface area (Å²) in [5.74, 6) is 0.642. The number of hydrogen-bond acceptors (Lipinski definition) is 2. The largest absolute Gasteiger partial charge is 0.250 e. The first-order chi connectivity index (χ1) is 5.68. The van der Waals surface area contributed by atoms with E-state index in [4.69, 9.17) is 11.6 Å². The van der Waals surface area contributed by atoms with Gasteiger partial charge in [0, 0.05) is 23.4 Å². The fraction of sp³-hybridized carbons (Fsp3) is 0.667. The number of alkyl halides is 1. The molecular weight excluding hydrogens is 190 g/mol. The van der Waals surface area contributed by atoms with Crippen LogP contribution < -0.4 is 0 Å². The number of hydrogen-bond donors (Lipinski definition) is 0. The Bertz CT molecular complexity index is 208. The number of nitrogens with zero attached hydrogens (tertiary/aromatic N) is 1. The van der Waals surface area contributed by atoms with Crippen molar-refractivity contribution in [2.24, 2.45) is 5.92 Å². The molecule has 0 spiro atoms. The third-order valence-corrected chi connectivity index (χ3v) is 2.71. The van der Waals surface area contributed by atoms with Crippen LogP contribution in [0.5, 0.6) is 0 Å². The fourth-order valence-electron chi connectivity index (χ4n) is 1.29. The molecule has 0 fully saturated rings. The molecule has 1 aromatic heterocycles. The van der Waals surface area contributed by atoms with Gasteiger partial charge in [-0.2, -0.15) is 0 Å². The summed E-state index contributed by atoms with van der Waals surface area (Å²) in [6.45, 7) is 4.26. The number of halogens is 1. The molecule has 0 radical (unpaired) electrons. The molecule has 68 valence electrons. The first-order valence-electron chi connectivity index (χ1n) is 4.21. The Morgan fingerprint density at radius 2 is 2.33 bits per heavy atom. The van der Waals surface area contributed by atoms with Crippen molar-refractivity contribution in [2.45, 2.75) is 32.1 Å². The van der Waals surface area contributed by atoms with Crippen LogP contribution in [0.4, 0.5) is 0 Å². The smallest absolute Gasteiger partial charge is 0.0927 e. The topological polar surface area (TPSA) is 12.9 Å². The maximum Gasteiger partial charge on any atom is 0.0927 e. The van der Waals surface area contributed by atoms with E-state index in [1.807, 2.05) is 18.5 Å². The SMILES string of the molecule is CC(Cl)CC(C)Cc1nccs1. The third-order valence-electron chi connectivity index (χ3n) is 1.73. The van der Waals surface area contributed by atoms with Crippen LogP contribution in [0.1, 0.15) is 25.3 Å². The predicted molar refractivity (Wildman–Crippen MR) is 54.9 cm³/mol. The Morgan fingerprint density at radius 1 is 1.58 bits per heavy atom. The second-order valence-electron chi connectivity index (χ2n) is 3.25. The van der Waals surface area contributed by atoms with Crippen LogP contribution in [-0.4, -0.2) is 10.4 Å². The molecule has 3 heteroatoms. The van der Waals surface area contributed by atoms with Gasteiger partial charge >= 0.3 is 0 Å². The molecule has 2 atom stereocenters. The minimum Gasteiger partial charge on any atom is -0.250 e. The van der Waals surface area contributed by atoms with Crippen molar-refractivity contribution in [3.8, 4) is 0 Å². The summed E-state index contributed by atoms with van der Waals surface area (Å²) in [5.41, 5.74) is 0. The molecule has 1 heterocycles. The molecule has 1 nitrogen and oxygen atoms in total. The predicted octanol–water partition coefficient (Wildman–Crippen LogP) is 3.34. The molecule has 0 bridgehead atoms. The van der Waals surface area contributed by atoms with E-state index in [1.165, 1.54) is 5.01 Å². The Kier molecular flexibility index (Phi) is 4.02. The Balaban J connectivity index is 2.32. The highest BCUT2D eigenvalue weighted by Gasteiger charge is 2.08. The average Bonchev–Trinajstić information content (AvgIpc) is 2.37. The Morgan fingerprint density at radius 3 is 2.83 bits per heavy atom. The summed E-state index contributed by atoms with van der Waals surface area (Å²) in [4.78, 5) is 4.24. The molecule has 1 aromatic rings. The van der Waals surface area contributed by atoms with Crippen LogP contribution >= 0.6 is 22.9 Å². The molecule has 2 unspecified atom stereocenters. The van der Waals surface area contributed by atoms with Crippen LogP contribution in [0.2, 0.25) is 0 Å². The maximum absolute atomic E-state index is 5.90. The highest BCUT2D eigenvalue weighted by atomic mass is 35.5. The molecule has 0 aliphatic heterocycles. The standard InChI is InChI=1S/C9H14ClNS/c1-7(5-8(2)10)6-9-11-3-4-12-9/h3-4,7-8H,5-6H2,1-2H3. The zero-order chi connectivity index (χ0) is 8.97. The first kappa shape index (κ1) is 10.0. The highest BCUT2D eigenvalue weighted by molar-refractivity contribution is 7.09. The lowest BCUT2D eigenvalue weighted by molar-refractivity contribution is 0.525. The van der Waals surface area contributed by atoms with Gasteiger partial charge in [-0.05, 0) is 19.3 Å². The molecule has 0 aliphatic carbocycles. The van der Waals surface area contributed by atoms with Crippen molar-refractivity contribution in [1.29, 1.82) is 0 Å². The van der Waals surface area contributed by atoms with Crippen LogP contribution in [0.15, 0.2) is 11.6 Å². The number of aromatic nitrogens is 1. The quantitative estimate of drug-likeness (QED) is 0.685. The normalized spacial score (nSPS) is 15.9. The lowest BCUT2D eigenvalue weighted by atomic mass is 10.0. The van der Waals surface area contributed by atoms with Gasteiger partial charge in [-0.15, -0.1) is 22.9 Å². The van der Waals surface area contributed by atoms with E-state index in [2.05, 4.69) is 11.9 Å². The van der Waals surface area contributed by atoms with Gasteiger partial charge in [0.15, 0.2) is 0 Å². The minimum atomic E-state index is 0.278. The maximum atomic E-state index is 5.90. The molecule has 0 aliphatic rings. The number of rotatable bonds is 4. The van der Waals surface area contributed by atoms with Gasteiger partial charge in [0.1, 0.15) is 0 Å². The van der Waals surface area contributed by atoms with Crippen molar-refractivity contribution >= 4 is 22.9 Å². The van der Waals surface area contributed by atoms with Gasteiger partial charge in [0.05, 0.1) is 5.01 Å². The van der Waals surface area contributed by atoms with Crippen LogP contribution in [0, 0.1) is 5.92 Å². The van der Waals surface area contributed by atoms with Crippen molar-refractivity contribution in [3.05, 3.63) is 16.6 Å². The zero-order valence-corrected chi connectivity index (χ0v) is 9.03. The van der Waals surface area contributed by atoms with Gasteiger partial charge in [-0.25, -0.2) is 4.98 Å². The summed E-state index contributed by atoms with van der Waals surface area (Å²) in [6, 6.07) is 0. The van der Waals surface area contributed by atoms with Crippen molar-refractivity contribution in [2.75, 3.05) is 0 Å². The molecule has 12 heavy (non-hydrogen) atoms. The van der Waals surface area contributed by atoms with Gasteiger partial charge in [0.2, 0.25) is 0 Å². The molecule has 1 rings (SSSR count). The highest BCUT2D eigenvalue weighted by Crippen LogP contribution is 2.17. The van der Waals surface area contributed by atoms with E-state index in [0.29, 0.717) is 5.92 Å². The Labute approximate surface area is 82.8 Å². The van der Waals surface area contributed by atoms with Crippen LogP contribution in [0.3, 0.4) is 0 Å². The first-order valence-corrected chi connectivity index (χ1v) is 5.52. The van der Waals surface area contributed by atoms with E-state index < -0.39 is 0 Å². The lowest BCUT2D eigenvalue weighted by Crippen LogP contribution is -2.05. The Hall–Kier alpha value is -0.0800. The monoisotopic (exact) mass is 203 g/mol. The second kappa shape index (κ2) is 4.83.